The van der Waals surface area contributed by atoms with Crippen molar-refractivity contribution < 1.29 is 10.2 Å². The van der Waals surface area contributed by atoms with Crippen molar-refractivity contribution in [1.29, 1.82) is 0 Å². The van der Waals surface area contributed by atoms with Crippen molar-refractivity contribution in [2.24, 2.45) is 0 Å². The van der Waals surface area contributed by atoms with E-state index in [-0.39, 0.29) is 6.04 Å². The maximum Gasteiger partial charge on any atom is 0.105 e. The molecule has 28 heavy (non-hydrogen) atoms. The lowest BCUT2D eigenvalue weighted by Gasteiger charge is -2.26. The molecule has 3 heteroatoms. The van der Waals surface area contributed by atoms with Gasteiger partial charge in [0.25, 0.3) is 0 Å². The van der Waals surface area contributed by atoms with Gasteiger partial charge in [-0.3, -0.25) is 5.32 Å². The van der Waals surface area contributed by atoms with Crippen LogP contribution in [0.1, 0.15) is 130 Å². The third kappa shape index (κ3) is 16.6. The third-order valence-electron chi connectivity index (χ3n) is 5.81. The van der Waals surface area contributed by atoms with Crippen LogP contribution < -0.4 is 5.32 Å². The zero-order chi connectivity index (χ0) is 21.0. The molecule has 0 fully saturated rings. The highest BCUT2D eigenvalue weighted by molar-refractivity contribution is 5.02. The smallest absolute Gasteiger partial charge is 0.105 e. The van der Waals surface area contributed by atoms with Gasteiger partial charge in [-0.15, -0.1) is 0 Å². The maximum absolute atomic E-state index is 10.1. The van der Waals surface area contributed by atoms with Crippen LogP contribution in [0.15, 0.2) is 12.2 Å². The fourth-order valence-corrected chi connectivity index (χ4v) is 3.82. The highest BCUT2D eigenvalue weighted by Gasteiger charge is 2.20. The lowest BCUT2D eigenvalue weighted by Crippen LogP contribution is -2.45. The first-order valence-corrected chi connectivity index (χ1v) is 12.3. The van der Waals surface area contributed by atoms with Gasteiger partial charge in [0.2, 0.25) is 0 Å². The lowest BCUT2D eigenvalue weighted by atomic mass is 10.0. The van der Waals surface area contributed by atoms with E-state index in [4.69, 9.17) is 0 Å². The quantitative estimate of drug-likeness (QED) is 0.112. The monoisotopic (exact) mass is 397 g/mol. The summed E-state index contributed by atoms with van der Waals surface area (Å²) in [4.78, 5) is 0. The van der Waals surface area contributed by atoms with Crippen LogP contribution in [-0.2, 0) is 0 Å². The second-order valence-electron chi connectivity index (χ2n) is 8.73. The number of hydrogen-bond donors (Lipinski definition) is 3. The highest BCUT2D eigenvalue weighted by atomic mass is 16.3. The molecule has 0 aliphatic heterocycles. The van der Waals surface area contributed by atoms with E-state index < -0.39 is 12.3 Å². The molecule has 3 unspecified atom stereocenters. The van der Waals surface area contributed by atoms with Crippen molar-refractivity contribution in [1.82, 2.24) is 5.32 Å². The highest BCUT2D eigenvalue weighted by Crippen LogP contribution is 2.14. The Kier molecular flexibility index (Phi) is 19.6. The summed E-state index contributed by atoms with van der Waals surface area (Å²) in [7, 11) is 0. The summed E-state index contributed by atoms with van der Waals surface area (Å²) in [6.45, 7) is 9.93. The summed E-state index contributed by atoms with van der Waals surface area (Å²) in [5, 5.41) is 23.3. The minimum absolute atomic E-state index is 0.108. The molecule has 0 aromatic heterocycles. The van der Waals surface area contributed by atoms with Crippen LogP contribution in [0.3, 0.4) is 0 Å². The molecule has 0 aromatic rings. The predicted molar refractivity (Wildman–Crippen MR) is 124 cm³/mol. The molecule has 0 radical (unpaired) electrons. The number of aliphatic hydroxyl groups is 2. The van der Waals surface area contributed by atoms with Gasteiger partial charge in [0, 0.05) is 6.04 Å². The molecule has 0 heterocycles. The van der Waals surface area contributed by atoms with Crippen molar-refractivity contribution >= 4 is 0 Å². The van der Waals surface area contributed by atoms with Gasteiger partial charge >= 0.3 is 0 Å². The molecule has 0 aromatic carbocycles. The molecule has 0 amide bonds. The minimum Gasteiger partial charge on any atom is -0.387 e. The number of rotatable bonds is 21. The molecule has 168 valence electrons. The first-order chi connectivity index (χ1) is 13.5. The summed E-state index contributed by atoms with van der Waals surface area (Å²) in [5.41, 5.74) is 0.749. The molecule has 0 aliphatic carbocycles. The van der Waals surface area contributed by atoms with E-state index >= 15 is 0 Å². The Labute approximate surface area is 176 Å². The normalized spacial score (nSPS) is 14.8. The van der Waals surface area contributed by atoms with E-state index in [0.29, 0.717) is 0 Å². The van der Waals surface area contributed by atoms with Gasteiger partial charge in [0.05, 0.1) is 6.10 Å². The van der Waals surface area contributed by atoms with E-state index in [1.54, 1.807) is 0 Å². The Balaban J connectivity index is 3.39. The van der Waals surface area contributed by atoms with Crippen LogP contribution in [0, 0.1) is 0 Å². The average molecular weight is 398 g/mol. The van der Waals surface area contributed by atoms with E-state index in [1.165, 1.54) is 89.9 Å². The maximum atomic E-state index is 10.1. The van der Waals surface area contributed by atoms with Crippen LogP contribution in [0.5, 0.6) is 0 Å². The van der Waals surface area contributed by atoms with Gasteiger partial charge < -0.3 is 10.2 Å². The number of unbranched alkanes of at least 4 members (excludes halogenated alkanes) is 14. The summed E-state index contributed by atoms with van der Waals surface area (Å²) in [6.07, 6.45) is 20.8. The SMILES string of the molecule is C=C(C)C(O)C(CC)NC(O)CCCCCCCCCCCCCCCCC. The van der Waals surface area contributed by atoms with E-state index in [9.17, 15) is 10.2 Å². The standard InChI is InChI=1S/C25H51NO2/c1-5-7-8-9-10-11-12-13-14-15-16-17-18-19-20-21-24(27)26-23(6-2)25(28)22(3)4/h23-28H,3,5-21H2,1-2,4H3. The fraction of sp³-hybridized carbons (Fsp3) is 0.920. The van der Waals surface area contributed by atoms with Gasteiger partial charge in [-0.25, -0.2) is 0 Å². The van der Waals surface area contributed by atoms with Crippen molar-refractivity contribution in [3.05, 3.63) is 12.2 Å². The van der Waals surface area contributed by atoms with Gasteiger partial charge in [-0.2, -0.15) is 0 Å². The Morgan fingerprint density at radius 1 is 0.714 bits per heavy atom. The second-order valence-corrected chi connectivity index (χ2v) is 8.73. The Bertz CT molecular complexity index is 345. The van der Waals surface area contributed by atoms with Crippen molar-refractivity contribution in [2.75, 3.05) is 0 Å². The molecule has 0 saturated heterocycles. The first kappa shape index (κ1) is 27.6. The van der Waals surface area contributed by atoms with Crippen molar-refractivity contribution in [3.8, 4) is 0 Å². The second kappa shape index (κ2) is 19.9. The molecule has 0 saturated carbocycles. The molecule has 3 nitrogen and oxygen atoms in total. The number of nitrogens with one attached hydrogen (secondary N) is 1. The fourth-order valence-electron chi connectivity index (χ4n) is 3.82. The van der Waals surface area contributed by atoms with Crippen LogP contribution in [0.2, 0.25) is 0 Å². The summed E-state index contributed by atoms with van der Waals surface area (Å²) in [6, 6.07) is -0.108. The molecule has 3 N–H and O–H groups in total. The first-order valence-electron chi connectivity index (χ1n) is 12.3. The third-order valence-corrected chi connectivity index (χ3v) is 5.81. The number of hydrogen-bond acceptors (Lipinski definition) is 3. The average Bonchev–Trinajstić information content (AvgIpc) is 2.68. The van der Waals surface area contributed by atoms with Crippen LogP contribution in [-0.4, -0.2) is 28.6 Å². The van der Waals surface area contributed by atoms with E-state index in [2.05, 4.69) is 18.8 Å². The largest absolute Gasteiger partial charge is 0.387 e. The topological polar surface area (TPSA) is 52.5 Å². The van der Waals surface area contributed by atoms with Gasteiger partial charge in [0.15, 0.2) is 0 Å². The zero-order valence-corrected chi connectivity index (χ0v) is 19.4. The van der Waals surface area contributed by atoms with Gasteiger partial charge in [-0.1, -0.05) is 116 Å². The predicted octanol–water partition coefficient (Wildman–Crippen LogP) is 6.87. The molecule has 0 aliphatic rings. The molecule has 0 rings (SSSR count). The van der Waals surface area contributed by atoms with Crippen molar-refractivity contribution in [3.63, 3.8) is 0 Å². The summed E-state index contributed by atoms with van der Waals surface area (Å²) in [5.74, 6) is 0. The molecular weight excluding hydrogens is 346 g/mol. The summed E-state index contributed by atoms with van der Waals surface area (Å²) < 4.78 is 0. The number of aliphatic hydroxyl groups excluding tert-OH is 2. The molecular formula is C25H51NO2. The van der Waals surface area contributed by atoms with E-state index in [0.717, 1.165) is 24.8 Å². The van der Waals surface area contributed by atoms with Crippen LogP contribution >= 0.6 is 0 Å². The van der Waals surface area contributed by atoms with Crippen molar-refractivity contribution in [2.45, 2.75) is 148 Å². The Morgan fingerprint density at radius 3 is 1.46 bits per heavy atom. The molecule has 0 spiro atoms. The molecule has 3 atom stereocenters. The summed E-state index contributed by atoms with van der Waals surface area (Å²) >= 11 is 0. The van der Waals surface area contributed by atoms with E-state index in [1.807, 2.05) is 13.8 Å². The minimum atomic E-state index is -0.583. The zero-order valence-electron chi connectivity index (χ0n) is 19.4. The Hall–Kier alpha value is -0.380. The van der Waals surface area contributed by atoms with Crippen LogP contribution in [0.25, 0.3) is 0 Å². The van der Waals surface area contributed by atoms with Crippen LogP contribution in [0.4, 0.5) is 0 Å². The van der Waals surface area contributed by atoms with Gasteiger partial charge in [0.1, 0.15) is 6.23 Å². The lowest BCUT2D eigenvalue weighted by molar-refractivity contribution is 0.0711. The Morgan fingerprint density at radius 2 is 1.11 bits per heavy atom. The molecule has 0 bridgehead atoms. The van der Waals surface area contributed by atoms with Gasteiger partial charge in [-0.05, 0) is 26.2 Å².